The largest absolute Gasteiger partial charge is 0.476 e. The van der Waals surface area contributed by atoms with Gasteiger partial charge in [-0.1, -0.05) is 0 Å². The van der Waals surface area contributed by atoms with Crippen molar-refractivity contribution in [1.29, 1.82) is 0 Å². The summed E-state index contributed by atoms with van der Waals surface area (Å²) in [7, 11) is 1.86. The summed E-state index contributed by atoms with van der Waals surface area (Å²) < 4.78 is 1.74. The second-order valence-electron chi connectivity index (χ2n) is 3.88. The van der Waals surface area contributed by atoms with Gasteiger partial charge in [0, 0.05) is 25.4 Å². The Hall–Kier alpha value is -2.44. The Morgan fingerprint density at radius 3 is 2.72 bits per heavy atom. The van der Waals surface area contributed by atoms with Gasteiger partial charge >= 0.3 is 5.97 Å². The van der Waals surface area contributed by atoms with Crippen LogP contribution in [-0.2, 0) is 13.6 Å². The highest BCUT2D eigenvalue weighted by Crippen LogP contribution is 2.08. The Kier molecular flexibility index (Phi) is 3.22. The molecule has 7 heteroatoms. The monoisotopic (exact) mass is 247 g/mol. The van der Waals surface area contributed by atoms with Crippen molar-refractivity contribution >= 4 is 11.8 Å². The maximum Gasteiger partial charge on any atom is 0.356 e. The first-order chi connectivity index (χ1) is 8.56. The summed E-state index contributed by atoms with van der Waals surface area (Å²) in [5.74, 6) is -0.555. The zero-order valence-electron chi connectivity index (χ0n) is 10.1. The van der Waals surface area contributed by atoms with Crippen LogP contribution in [0.15, 0.2) is 18.3 Å². The lowest BCUT2D eigenvalue weighted by Gasteiger charge is -2.03. The third-order valence-electron chi connectivity index (χ3n) is 2.46. The number of carboxylic acid groups (broad SMARTS) is 1. The molecule has 7 nitrogen and oxygen atoms in total. The average Bonchev–Trinajstić information content (AvgIpc) is 2.66. The highest BCUT2D eigenvalue weighted by Gasteiger charge is 2.06. The van der Waals surface area contributed by atoms with Crippen LogP contribution >= 0.6 is 0 Å². The van der Waals surface area contributed by atoms with Gasteiger partial charge in [-0.05, 0) is 19.1 Å². The minimum absolute atomic E-state index is 0.0712. The van der Waals surface area contributed by atoms with Crippen LogP contribution < -0.4 is 5.32 Å². The molecule has 2 heterocycles. The van der Waals surface area contributed by atoms with Crippen molar-refractivity contribution in [3.05, 3.63) is 35.3 Å². The molecular formula is C11H13N5O2. The maximum absolute atomic E-state index is 10.6. The highest BCUT2D eigenvalue weighted by molar-refractivity contribution is 5.85. The number of aryl methyl sites for hydroxylation is 2. The Morgan fingerprint density at radius 2 is 2.22 bits per heavy atom. The molecule has 0 aromatic carbocycles. The number of nitrogens with one attached hydrogen (secondary N) is 1. The van der Waals surface area contributed by atoms with Crippen LogP contribution in [0.5, 0.6) is 0 Å². The van der Waals surface area contributed by atoms with E-state index in [1.54, 1.807) is 10.7 Å². The van der Waals surface area contributed by atoms with Gasteiger partial charge in [0.15, 0.2) is 5.69 Å². The van der Waals surface area contributed by atoms with Crippen LogP contribution in [0.25, 0.3) is 0 Å². The Bertz CT molecular complexity index is 561. The van der Waals surface area contributed by atoms with Gasteiger partial charge in [-0.3, -0.25) is 4.68 Å². The number of hydrogen-bond acceptors (Lipinski definition) is 5. The molecule has 0 amide bonds. The van der Waals surface area contributed by atoms with Gasteiger partial charge in [0.2, 0.25) is 0 Å². The standard InChI is InChI=1S/C11H13N5O2/c1-7-8(6-16(2)15-7)5-12-10-4-3-9(11(17)18)13-14-10/h3-4,6H,5H2,1-2H3,(H,12,14)(H,17,18). The van der Waals surface area contributed by atoms with E-state index in [9.17, 15) is 4.79 Å². The van der Waals surface area contributed by atoms with Crippen molar-refractivity contribution in [2.45, 2.75) is 13.5 Å². The van der Waals surface area contributed by atoms with Gasteiger partial charge in [0.05, 0.1) is 5.69 Å². The van der Waals surface area contributed by atoms with Crippen molar-refractivity contribution < 1.29 is 9.90 Å². The van der Waals surface area contributed by atoms with Crippen LogP contribution in [0, 0.1) is 6.92 Å². The topological polar surface area (TPSA) is 92.9 Å². The molecule has 0 atom stereocenters. The number of aromatic carboxylic acids is 1. The van der Waals surface area contributed by atoms with E-state index < -0.39 is 5.97 Å². The van der Waals surface area contributed by atoms with Gasteiger partial charge in [-0.2, -0.15) is 5.10 Å². The van der Waals surface area contributed by atoms with E-state index in [1.807, 2.05) is 20.2 Å². The molecular weight excluding hydrogens is 234 g/mol. The van der Waals surface area contributed by atoms with Crippen LogP contribution in [0.2, 0.25) is 0 Å². The predicted octanol–water partition coefficient (Wildman–Crippen LogP) is 0.829. The Labute approximate surface area is 103 Å². The molecule has 18 heavy (non-hydrogen) atoms. The summed E-state index contributed by atoms with van der Waals surface area (Å²) in [6.07, 6.45) is 1.92. The van der Waals surface area contributed by atoms with Gasteiger partial charge in [-0.15, -0.1) is 10.2 Å². The lowest BCUT2D eigenvalue weighted by atomic mass is 10.2. The Morgan fingerprint density at radius 1 is 1.44 bits per heavy atom. The van der Waals surface area contributed by atoms with Crippen LogP contribution in [-0.4, -0.2) is 31.1 Å². The molecule has 2 N–H and O–H groups in total. The van der Waals surface area contributed by atoms with Crippen molar-refractivity contribution in [2.24, 2.45) is 7.05 Å². The van der Waals surface area contributed by atoms with E-state index in [2.05, 4.69) is 20.6 Å². The highest BCUT2D eigenvalue weighted by atomic mass is 16.4. The van der Waals surface area contributed by atoms with E-state index >= 15 is 0 Å². The fraction of sp³-hybridized carbons (Fsp3) is 0.273. The van der Waals surface area contributed by atoms with Crippen LogP contribution in [0.4, 0.5) is 5.82 Å². The summed E-state index contributed by atoms with van der Waals surface area (Å²) in [6, 6.07) is 3.00. The number of carbonyl (C=O) groups is 1. The van der Waals surface area contributed by atoms with E-state index in [4.69, 9.17) is 5.11 Å². The van der Waals surface area contributed by atoms with Gasteiger partial charge in [0.1, 0.15) is 5.82 Å². The van der Waals surface area contributed by atoms with E-state index in [1.165, 1.54) is 6.07 Å². The third kappa shape index (κ3) is 2.62. The first-order valence-corrected chi connectivity index (χ1v) is 5.36. The van der Waals surface area contributed by atoms with Crippen molar-refractivity contribution in [3.8, 4) is 0 Å². The molecule has 94 valence electrons. The number of aromatic nitrogens is 4. The predicted molar refractivity (Wildman–Crippen MR) is 64.3 cm³/mol. The second kappa shape index (κ2) is 4.82. The van der Waals surface area contributed by atoms with Gasteiger partial charge in [-0.25, -0.2) is 4.79 Å². The number of carboxylic acids is 1. The summed E-state index contributed by atoms with van der Waals surface area (Å²) >= 11 is 0. The summed E-state index contributed by atoms with van der Waals surface area (Å²) in [4.78, 5) is 10.6. The molecule has 0 spiro atoms. The summed E-state index contributed by atoms with van der Waals surface area (Å²) in [5.41, 5.74) is 1.93. The van der Waals surface area contributed by atoms with Crippen molar-refractivity contribution in [3.63, 3.8) is 0 Å². The molecule has 0 saturated heterocycles. The van der Waals surface area contributed by atoms with E-state index in [0.717, 1.165) is 11.3 Å². The third-order valence-corrected chi connectivity index (χ3v) is 2.46. The maximum atomic E-state index is 10.6. The molecule has 0 aliphatic heterocycles. The van der Waals surface area contributed by atoms with Crippen LogP contribution in [0.3, 0.4) is 0 Å². The van der Waals surface area contributed by atoms with E-state index in [0.29, 0.717) is 12.4 Å². The lowest BCUT2D eigenvalue weighted by Crippen LogP contribution is -2.06. The lowest BCUT2D eigenvalue weighted by molar-refractivity contribution is 0.0689. The summed E-state index contributed by atoms with van der Waals surface area (Å²) in [5, 5.41) is 23.3. The number of nitrogens with zero attached hydrogens (tertiary/aromatic N) is 4. The number of hydrogen-bond donors (Lipinski definition) is 2. The van der Waals surface area contributed by atoms with Gasteiger partial charge < -0.3 is 10.4 Å². The SMILES string of the molecule is Cc1nn(C)cc1CNc1ccc(C(=O)O)nn1. The number of anilines is 1. The van der Waals surface area contributed by atoms with Gasteiger partial charge in [0.25, 0.3) is 0 Å². The molecule has 0 unspecified atom stereocenters. The molecule has 0 radical (unpaired) electrons. The first-order valence-electron chi connectivity index (χ1n) is 5.36. The minimum Gasteiger partial charge on any atom is -0.476 e. The molecule has 2 aromatic heterocycles. The molecule has 0 saturated carbocycles. The quantitative estimate of drug-likeness (QED) is 0.831. The number of rotatable bonds is 4. The Balaban J connectivity index is 2.02. The molecule has 2 aromatic rings. The smallest absolute Gasteiger partial charge is 0.356 e. The van der Waals surface area contributed by atoms with E-state index in [-0.39, 0.29) is 5.69 Å². The molecule has 0 bridgehead atoms. The van der Waals surface area contributed by atoms with Crippen LogP contribution in [0.1, 0.15) is 21.7 Å². The molecule has 2 rings (SSSR count). The fourth-order valence-electron chi connectivity index (χ4n) is 1.55. The minimum atomic E-state index is -1.09. The molecule has 0 aliphatic rings. The average molecular weight is 247 g/mol. The fourth-order valence-corrected chi connectivity index (χ4v) is 1.55. The van der Waals surface area contributed by atoms with Crippen molar-refractivity contribution in [2.75, 3.05) is 5.32 Å². The summed E-state index contributed by atoms with van der Waals surface area (Å²) in [6.45, 7) is 2.50. The van der Waals surface area contributed by atoms with Crippen molar-refractivity contribution in [1.82, 2.24) is 20.0 Å². The zero-order valence-corrected chi connectivity index (χ0v) is 10.1. The first kappa shape index (κ1) is 12.0. The normalized spacial score (nSPS) is 10.3. The molecule has 0 fully saturated rings. The zero-order chi connectivity index (χ0) is 13.1. The molecule has 0 aliphatic carbocycles. The second-order valence-corrected chi connectivity index (χ2v) is 3.88.